The predicted octanol–water partition coefficient (Wildman–Crippen LogP) is 2.04. The number of para-hydroxylation sites is 2. The third-order valence-electron chi connectivity index (χ3n) is 3.38. The molecule has 1 aliphatic carbocycles. The molecule has 0 aliphatic heterocycles. The quantitative estimate of drug-likeness (QED) is 0.756. The molecule has 1 saturated carbocycles. The highest BCUT2D eigenvalue weighted by atomic mass is 32.2. The molecule has 1 aromatic heterocycles. The lowest BCUT2D eigenvalue weighted by Gasteiger charge is -2.11. The molecular weight excluding hydrogens is 316 g/mol. The van der Waals surface area contributed by atoms with Crippen LogP contribution in [0, 0.1) is 0 Å². The van der Waals surface area contributed by atoms with Crippen LogP contribution in [0.3, 0.4) is 0 Å². The van der Waals surface area contributed by atoms with E-state index < -0.39 is 0 Å². The van der Waals surface area contributed by atoms with Gasteiger partial charge in [-0.1, -0.05) is 23.9 Å². The van der Waals surface area contributed by atoms with Crippen LogP contribution >= 0.6 is 11.8 Å². The van der Waals surface area contributed by atoms with Crippen molar-refractivity contribution < 1.29 is 9.53 Å². The summed E-state index contributed by atoms with van der Waals surface area (Å²) in [6.07, 6.45) is 1.97. The van der Waals surface area contributed by atoms with Crippen LogP contribution in [0.4, 0.5) is 5.69 Å². The van der Waals surface area contributed by atoms with E-state index in [-0.39, 0.29) is 23.4 Å². The molecule has 1 heterocycles. The van der Waals surface area contributed by atoms with E-state index in [2.05, 4.69) is 15.5 Å². The number of H-pyrrole nitrogens is 1. The topological polar surface area (TPSA) is 89.0 Å². The third kappa shape index (κ3) is 3.76. The second-order valence-electron chi connectivity index (χ2n) is 5.18. The van der Waals surface area contributed by atoms with Gasteiger partial charge in [0.15, 0.2) is 5.16 Å². The SMILES string of the molecule is CCOc1ccccc1NC(=O)CSc1n[nH]c(=O)n1C1CC1. The molecule has 23 heavy (non-hydrogen) atoms. The molecular formula is C15H18N4O3S. The van der Waals surface area contributed by atoms with Gasteiger partial charge in [0.25, 0.3) is 0 Å². The Kier molecular flexibility index (Phi) is 4.71. The van der Waals surface area contributed by atoms with Crippen LogP contribution in [-0.4, -0.2) is 33.0 Å². The summed E-state index contributed by atoms with van der Waals surface area (Å²) >= 11 is 1.25. The largest absolute Gasteiger partial charge is 0.492 e. The van der Waals surface area contributed by atoms with Crippen molar-refractivity contribution in [1.29, 1.82) is 0 Å². The number of carbonyl (C=O) groups excluding carboxylic acids is 1. The summed E-state index contributed by atoms with van der Waals surface area (Å²) in [5.74, 6) is 0.653. The second kappa shape index (κ2) is 6.91. The monoisotopic (exact) mass is 334 g/mol. The average Bonchev–Trinajstić information content (AvgIpc) is 3.31. The minimum Gasteiger partial charge on any atom is -0.492 e. The highest BCUT2D eigenvalue weighted by Gasteiger charge is 2.28. The molecule has 122 valence electrons. The number of ether oxygens (including phenoxy) is 1. The van der Waals surface area contributed by atoms with E-state index in [9.17, 15) is 9.59 Å². The normalized spacial score (nSPS) is 13.8. The fraction of sp³-hybridized carbons (Fsp3) is 0.400. The number of aromatic amines is 1. The van der Waals surface area contributed by atoms with Crippen LogP contribution in [-0.2, 0) is 4.79 Å². The Labute approximate surface area is 137 Å². The predicted molar refractivity (Wildman–Crippen MR) is 88.1 cm³/mol. The Hall–Kier alpha value is -2.22. The molecule has 0 saturated heterocycles. The number of aromatic nitrogens is 3. The number of hydrogen-bond acceptors (Lipinski definition) is 5. The van der Waals surface area contributed by atoms with Crippen molar-refractivity contribution in [3.63, 3.8) is 0 Å². The molecule has 1 aromatic carbocycles. The Morgan fingerprint density at radius 3 is 3.00 bits per heavy atom. The van der Waals surface area contributed by atoms with Crippen molar-refractivity contribution in [2.45, 2.75) is 31.0 Å². The van der Waals surface area contributed by atoms with Crippen molar-refractivity contribution >= 4 is 23.4 Å². The summed E-state index contributed by atoms with van der Waals surface area (Å²) in [4.78, 5) is 23.8. The molecule has 1 aliphatic rings. The molecule has 0 spiro atoms. The summed E-state index contributed by atoms with van der Waals surface area (Å²) < 4.78 is 7.11. The fourth-order valence-corrected chi connectivity index (χ4v) is 3.03. The number of thioether (sulfide) groups is 1. The summed E-state index contributed by atoms with van der Waals surface area (Å²) in [5.41, 5.74) is 0.429. The first-order valence-electron chi connectivity index (χ1n) is 7.50. The van der Waals surface area contributed by atoms with Gasteiger partial charge in [-0.15, -0.1) is 5.10 Å². The van der Waals surface area contributed by atoms with Crippen LogP contribution < -0.4 is 15.7 Å². The summed E-state index contributed by atoms with van der Waals surface area (Å²) in [6.45, 7) is 2.42. The highest BCUT2D eigenvalue weighted by molar-refractivity contribution is 7.99. The van der Waals surface area contributed by atoms with Crippen LogP contribution in [0.1, 0.15) is 25.8 Å². The van der Waals surface area contributed by atoms with E-state index in [0.717, 1.165) is 12.8 Å². The van der Waals surface area contributed by atoms with E-state index in [1.807, 2.05) is 25.1 Å². The number of benzene rings is 1. The smallest absolute Gasteiger partial charge is 0.344 e. The van der Waals surface area contributed by atoms with Gasteiger partial charge >= 0.3 is 5.69 Å². The van der Waals surface area contributed by atoms with Crippen molar-refractivity contribution in [2.75, 3.05) is 17.7 Å². The number of anilines is 1. The number of amides is 1. The van der Waals surface area contributed by atoms with Gasteiger partial charge in [0.1, 0.15) is 5.75 Å². The number of nitrogens with zero attached hydrogens (tertiary/aromatic N) is 2. The zero-order valence-electron chi connectivity index (χ0n) is 12.7. The molecule has 0 atom stereocenters. The fourth-order valence-electron chi connectivity index (χ4n) is 2.21. The molecule has 2 N–H and O–H groups in total. The van der Waals surface area contributed by atoms with E-state index >= 15 is 0 Å². The molecule has 0 bridgehead atoms. The Morgan fingerprint density at radius 1 is 1.48 bits per heavy atom. The van der Waals surface area contributed by atoms with E-state index in [0.29, 0.717) is 23.2 Å². The van der Waals surface area contributed by atoms with Crippen LogP contribution in [0.25, 0.3) is 0 Å². The lowest BCUT2D eigenvalue weighted by atomic mass is 10.3. The van der Waals surface area contributed by atoms with Crippen molar-refractivity contribution in [3.05, 3.63) is 34.7 Å². The lowest BCUT2D eigenvalue weighted by Crippen LogP contribution is -2.18. The van der Waals surface area contributed by atoms with Gasteiger partial charge in [-0.05, 0) is 31.9 Å². The Balaban J connectivity index is 1.61. The van der Waals surface area contributed by atoms with Gasteiger partial charge in [0.2, 0.25) is 5.91 Å². The zero-order valence-corrected chi connectivity index (χ0v) is 13.6. The first-order valence-corrected chi connectivity index (χ1v) is 8.49. The number of nitrogens with one attached hydrogen (secondary N) is 2. The standard InChI is InChI=1S/C15H18N4O3S/c1-2-22-12-6-4-3-5-11(12)16-13(20)9-23-15-18-17-14(21)19(15)10-7-8-10/h3-6,10H,2,7-9H2,1H3,(H,16,20)(H,17,21). The number of hydrogen-bond donors (Lipinski definition) is 2. The Bertz CT molecular complexity index is 751. The van der Waals surface area contributed by atoms with E-state index in [1.54, 1.807) is 10.6 Å². The van der Waals surface area contributed by atoms with Gasteiger partial charge in [-0.2, -0.15) is 0 Å². The van der Waals surface area contributed by atoms with Crippen molar-refractivity contribution in [1.82, 2.24) is 14.8 Å². The molecule has 1 fully saturated rings. The van der Waals surface area contributed by atoms with Gasteiger partial charge in [0.05, 0.1) is 18.0 Å². The van der Waals surface area contributed by atoms with E-state index in [1.165, 1.54) is 11.8 Å². The Morgan fingerprint density at radius 2 is 2.26 bits per heavy atom. The summed E-state index contributed by atoms with van der Waals surface area (Å²) in [7, 11) is 0. The van der Waals surface area contributed by atoms with Crippen LogP contribution in [0.5, 0.6) is 5.75 Å². The van der Waals surface area contributed by atoms with Gasteiger partial charge in [-0.3, -0.25) is 9.36 Å². The lowest BCUT2D eigenvalue weighted by molar-refractivity contribution is -0.113. The van der Waals surface area contributed by atoms with E-state index in [4.69, 9.17) is 4.74 Å². The van der Waals surface area contributed by atoms with Gasteiger partial charge in [-0.25, -0.2) is 9.89 Å². The number of carbonyl (C=O) groups is 1. The van der Waals surface area contributed by atoms with Crippen molar-refractivity contribution in [3.8, 4) is 5.75 Å². The highest BCUT2D eigenvalue weighted by Crippen LogP contribution is 2.36. The minimum absolute atomic E-state index is 0.167. The second-order valence-corrected chi connectivity index (χ2v) is 6.12. The van der Waals surface area contributed by atoms with Crippen LogP contribution in [0.15, 0.2) is 34.2 Å². The molecule has 7 nitrogen and oxygen atoms in total. The van der Waals surface area contributed by atoms with Gasteiger partial charge < -0.3 is 10.1 Å². The third-order valence-corrected chi connectivity index (χ3v) is 4.33. The van der Waals surface area contributed by atoms with Gasteiger partial charge in [0, 0.05) is 6.04 Å². The first kappa shape index (κ1) is 15.7. The minimum atomic E-state index is -0.211. The zero-order chi connectivity index (χ0) is 16.2. The molecule has 1 amide bonds. The summed E-state index contributed by atoms with van der Waals surface area (Å²) in [5, 5.41) is 9.82. The maximum absolute atomic E-state index is 12.1. The maximum Gasteiger partial charge on any atom is 0.344 e. The van der Waals surface area contributed by atoms with Crippen LogP contribution in [0.2, 0.25) is 0 Å². The average molecular weight is 334 g/mol. The summed E-state index contributed by atoms with van der Waals surface area (Å²) in [6, 6.07) is 7.52. The molecule has 8 heteroatoms. The molecule has 0 radical (unpaired) electrons. The maximum atomic E-state index is 12.1. The first-order chi connectivity index (χ1) is 11.2. The molecule has 0 unspecified atom stereocenters. The molecule has 2 aromatic rings. The number of rotatable bonds is 7. The molecule has 3 rings (SSSR count). The van der Waals surface area contributed by atoms with Crippen molar-refractivity contribution in [2.24, 2.45) is 0 Å².